The Morgan fingerprint density at radius 2 is 1.27 bits per heavy atom. The molecule has 0 aliphatic carbocycles. The number of hydrogen-bond acceptors (Lipinski definition) is 0. The zero-order valence-electron chi connectivity index (χ0n) is 10.8. The molecule has 0 aromatic rings. The van der Waals surface area contributed by atoms with Crippen LogP contribution < -0.4 is 0 Å². The summed E-state index contributed by atoms with van der Waals surface area (Å²) in [6, 6.07) is 0. The molecule has 2 fully saturated rings. The summed E-state index contributed by atoms with van der Waals surface area (Å²) in [5, 5.41) is 2.45. The minimum absolute atomic E-state index is 0.420. The summed E-state index contributed by atoms with van der Waals surface area (Å²) in [5.41, 5.74) is 0. The maximum absolute atomic E-state index is 2.73. The Labute approximate surface area is 99.1 Å². The van der Waals surface area contributed by atoms with Crippen LogP contribution in [0.15, 0.2) is 0 Å². The van der Waals surface area contributed by atoms with E-state index < -0.39 is 8.07 Å². The summed E-state index contributed by atoms with van der Waals surface area (Å²) in [6.45, 7) is 10.6. The number of hydrogen-bond donors (Lipinski definition) is 0. The van der Waals surface area contributed by atoms with Gasteiger partial charge < -0.3 is 0 Å². The summed E-state index contributed by atoms with van der Waals surface area (Å²) >= 11 is 0. The predicted molar refractivity (Wildman–Crippen MR) is 78.9 cm³/mol. The average molecular weight is 260 g/mol. The van der Waals surface area contributed by atoms with Gasteiger partial charge in [0.1, 0.15) is 0 Å². The molecule has 0 unspecified atom stereocenters. The molecule has 15 heavy (non-hydrogen) atoms. The Kier molecular flexibility index (Phi) is 3.97. The molecular weight excluding hydrogens is 234 g/mol. The van der Waals surface area contributed by atoms with Crippen LogP contribution in [0.4, 0.5) is 0 Å². The van der Waals surface area contributed by atoms with Crippen molar-refractivity contribution in [3.05, 3.63) is 0 Å². The summed E-state index contributed by atoms with van der Waals surface area (Å²) in [7, 11) is -0.0648. The van der Waals surface area contributed by atoms with Gasteiger partial charge in [0.05, 0.1) is 8.07 Å². The molecule has 0 amide bonds. The largest absolute Gasteiger partial charge is 0.109 e. The van der Waals surface area contributed by atoms with Crippen molar-refractivity contribution >= 4 is 23.9 Å². The summed E-state index contributed by atoms with van der Waals surface area (Å²) in [4.78, 5) is 0. The second-order valence-electron chi connectivity index (χ2n) is 6.10. The van der Waals surface area contributed by atoms with Crippen molar-refractivity contribution < 1.29 is 0 Å². The van der Waals surface area contributed by atoms with Crippen LogP contribution in [-0.4, -0.2) is 44.3 Å². The van der Waals surface area contributed by atoms with E-state index in [0.717, 1.165) is 0 Å². The summed E-state index contributed by atoms with van der Waals surface area (Å²) in [5.74, 6) is 0. The van der Waals surface area contributed by atoms with Crippen LogP contribution in [0.3, 0.4) is 0 Å². The van der Waals surface area contributed by atoms with E-state index >= 15 is 0 Å². The molecule has 0 aromatic heterocycles. The molecule has 2 aliphatic heterocycles. The van der Waals surface area contributed by atoms with Crippen LogP contribution in [0.2, 0.25) is 13.1 Å². The van der Waals surface area contributed by atoms with Crippen LogP contribution in [-0.2, 0) is 0 Å². The van der Waals surface area contributed by atoms with Gasteiger partial charge in [-0.1, -0.05) is 13.1 Å². The van der Waals surface area contributed by atoms with E-state index in [1.807, 2.05) is 0 Å². The molecule has 2 aliphatic rings. The lowest BCUT2D eigenvalue weighted by atomic mass is 10.4. The Bertz CT molecular complexity index is 208. The second kappa shape index (κ2) is 4.75. The first-order valence-electron chi connectivity index (χ1n) is 6.44. The zero-order chi connectivity index (χ0) is 11.1. The van der Waals surface area contributed by atoms with Gasteiger partial charge in [0.2, 0.25) is 0 Å². The Morgan fingerprint density at radius 3 is 1.53 bits per heavy atom. The molecule has 0 bridgehead atoms. The van der Waals surface area contributed by atoms with Gasteiger partial charge in [0.25, 0.3) is 0 Å². The highest BCUT2D eigenvalue weighted by Crippen LogP contribution is 2.58. The maximum Gasteiger partial charge on any atom is 0.0623 e. The lowest BCUT2D eigenvalue weighted by molar-refractivity contribution is 0.855. The maximum atomic E-state index is 2.73. The van der Waals surface area contributed by atoms with Gasteiger partial charge >= 0.3 is 0 Å². The molecule has 2 heterocycles. The highest BCUT2D eigenvalue weighted by Gasteiger charge is 2.46. The molecule has 88 valence electrons. The molecule has 0 spiro atoms. The minimum Gasteiger partial charge on any atom is -0.109 e. The Morgan fingerprint density at radius 1 is 0.867 bits per heavy atom. The fourth-order valence-electron chi connectivity index (χ4n) is 3.92. The van der Waals surface area contributed by atoms with Gasteiger partial charge in [-0.05, 0) is 61.9 Å². The first kappa shape index (κ1) is 12.5. The first-order chi connectivity index (χ1) is 7.03. The summed E-state index contributed by atoms with van der Waals surface area (Å²) < 4.78 is 0. The third-order valence-corrected chi connectivity index (χ3v) is 20.1. The fourth-order valence-corrected chi connectivity index (χ4v) is 20.8. The third-order valence-electron chi connectivity index (χ3n) is 4.76. The van der Waals surface area contributed by atoms with Gasteiger partial charge in [0, 0.05) is 0 Å². The predicted octanol–water partition coefficient (Wildman–Crippen LogP) is 4.32. The van der Waals surface area contributed by atoms with Crippen LogP contribution in [0.5, 0.6) is 0 Å². The monoisotopic (exact) mass is 260 g/mol. The lowest BCUT2D eigenvalue weighted by Crippen LogP contribution is -2.48. The molecule has 2 rings (SSSR count). The van der Waals surface area contributed by atoms with Crippen molar-refractivity contribution in [1.82, 2.24) is 0 Å². The van der Waals surface area contributed by atoms with Crippen molar-refractivity contribution in [2.45, 2.75) is 49.3 Å². The standard InChI is InChI=1S/C12H26P2Si/c1-13-9-5-7-11(13)15(3,4)12-8-6-10-14(12)2/h11-12H,5-10H2,1-4H3/t11-,12-,13+,14+/m0/s1. The normalized spacial score (nSPS) is 42.4. The van der Waals surface area contributed by atoms with E-state index in [0.29, 0.717) is 15.8 Å². The van der Waals surface area contributed by atoms with Crippen LogP contribution in [0, 0.1) is 0 Å². The third kappa shape index (κ3) is 2.36. The van der Waals surface area contributed by atoms with Gasteiger partial charge in [0.15, 0.2) is 0 Å². The highest BCUT2D eigenvalue weighted by atomic mass is 31.1. The smallest absolute Gasteiger partial charge is 0.0623 e. The first-order valence-corrected chi connectivity index (χ1v) is 13.7. The van der Waals surface area contributed by atoms with E-state index in [2.05, 4.69) is 26.4 Å². The highest BCUT2D eigenvalue weighted by molar-refractivity contribution is 7.65. The van der Waals surface area contributed by atoms with Gasteiger partial charge in [-0.2, -0.15) is 0 Å². The van der Waals surface area contributed by atoms with Crippen molar-refractivity contribution in [3.63, 3.8) is 0 Å². The van der Waals surface area contributed by atoms with Gasteiger partial charge in [-0.3, -0.25) is 0 Å². The zero-order valence-corrected chi connectivity index (χ0v) is 13.6. The lowest BCUT2D eigenvalue weighted by Gasteiger charge is -2.40. The van der Waals surface area contributed by atoms with Gasteiger partial charge in [-0.25, -0.2) is 0 Å². The molecule has 0 nitrogen and oxygen atoms in total. The molecule has 0 aromatic carbocycles. The van der Waals surface area contributed by atoms with Gasteiger partial charge in [-0.15, -0.1) is 15.8 Å². The fraction of sp³-hybridized carbons (Fsp3) is 1.00. The molecule has 0 radical (unpaired) electrons. The van der Waals surface area contributed by atoms with E-state index in [1.165, 1.54) is 10.6 Å². The van der Waals surface area contributed by atoms with E-state index in [4.69, 9.17) is 0 Å². The van der Waals surface area contributed by atoms with Crippen LogP contribution in [0.25, 0.3) is 0 Å². The second-order valence-corrected chi connectivity index (χ2v) is 17.3. The van der Waals surface area contributed by atoms with Crippen molar-refractivity contribution in [1.29, 1.82) is 0 Å². The Hall–Kier alpha value is 1.08. The molecule has 2 saturated heterocycles. The van der Waals surface area contributed by atoms with Crippen molar-refractivity contribution in [2.75, 3.05) is 25.7 Å². The van der Waals surface area contributed by atoms with Crippen molar-refractivity contribution in [3.8, 4) is 0 Å². The molecule has 3 heteroatoms. The van der Waals surface area contributed by atoms with Crippen LogP contribution >= 0.6 is 15.8 Å². The SMILES string of the molecule is C[P@]1CCC[C@@H]1[Si](C)(C)[C@H]1CCC[P@@]1C. The molecule has 0 N–H and O–H groups in total. The Balaban J connectivity index is 2.10. The quantitative estimate of drug-likeness (QED) is 0.512. The van der Waals surface area contributed by atoms with E-state index in [9.17, 15) is 0 Å². The molecular formula is C12H26P2Si. The summed E-state index contributed by atoms with van der Waals surface area (Å²) in [6.07, 6.45) is 9.48. The average Bonchev–Trinajstić information content (AvgIpc) is 2.73. The number of rotatable bonds is 2. The minimum atomic E-state index is -0.906. The van der Waals surface area contributed by atoms with E-state index in [-0.39, 0.29) is 0 Å². The van der Waals surface area contributed by atoms with Crippen LogP contribution in [0.1, 0.15) is 25.7 Å². The molecule has 4 atom stereocenters. The molecule has 0 saturated carbocycles. The topological polar surface area (TPSA) is 0 Å². The van der Waals surface area contributed by atoms with Crippen molar-refractivity contribution in [2.24, 2.45) is 0 Å². The van der Waals surface area contributed by atoms with E-state index in [1.54, 1.807) is 38.0 Å².